The predicted octanol–water partition coefficient (Wildman–Crippen LogP) is 1.79. The van der Waals surface area contributed by atoms with Gasteiger partial charge in [-0.1, -0.05) is 12.1 Å². The lowest BCUT2D eigenvalue weighted by Crippen LogP contribution is -2.47. The van der Waals surface area contributed by atoms with Gasteiger partial charge in [0.05, 0.1) is 11.4 Å². The molecule has 8 heteroatoms. The maximum atomic E-state index is 12.7. The Bertz CT molecular complexity index is 1090. The third-order valence-electron chi connectivity index (χ3n) is 5.52. The van der Waals surface area contributed by atoms with Gasteiger partial charge in [-0.15, -0.1) is 0 Å². The molecule has 3 aromatic rings. The molecule has 1 amide bonds. The van der Waals surface area contributed by atoms with Crippen LogP contribution in [0.5, 0.6) is 0 Å². The van der Waals surface area contributed by atoms with Crippen LogP contribution < -0.4 is 15.8 Å². The fourth-order valence-corrected chi connectivity index (χ4v) is 3.71. The van der Waals surface area contributed by atoms with E-state index in [0.29, 0.717) is 0 Å². The molecule has 1 N–H and O–H groups in total. The third kappa shape index (κ3) is 5.16. The van der Waals surface area contributed by atoms with Crippen LogP contribution >= 0.6 is 0 Å². The Labute approximate surface area is 181 Å². The first-order valence-electron chi connectivity index (χ1n) is 10.4. The highest BCUT2D eigenvalue weighted by Gasteiger charge is 2.20. The van der Waals surface area contributed by atoms with Gasteiger partial charge in [-0.2, -0.15) is 5.10 Å². The summed E-state index contributed by atoms with van der Waals surface area (Å²) in [7, 11) is 1.53. The van der Waals surface area contributed by atoms with E-state index >= 15 is 0 Å². The highest BCUT2D eigenvalue weighted by molar-refractivity contribution is 6.04. The number of nitrogens with one attached hydrogen (secondary N) is 1. The molecule has 0 saturated carbocycles. The summed E-state index contributed by atoms with van der Waals surface area (Å²) < 4.78 is 1.16. The zero-order chi connectivity index (χ0) is 21.6. The Morgan fingerprint density at radius 2 is 1.74 bits per heavy atom. The lowest BCUT2D eigenvalue weighted by Gasteiger charge is -2.37. The Balaban J connectivity index is 1.38. The van der Waals surface area contributed by atoms with Crippen molar-refractivity contribution >= 4 is 17.3 Å². The molecule has 0 unspecified atom stereocenters. The molecule has 31 heavy (non-hydrogen) atoms. The third-order valence-corrected chi connectivity index (χ3v) is 5.52. The summed E-state index contributed by atoms with van der Waals surface area (Å²) in [5.74, 6) is -0.334. The molecular weight excluding hydrogens is 392 g/mol. The van der Waals surface area contributed by atoms with Gasteiger partial charge in [0, 0.05) is 58.2 Å². The number of piperazine rings is 1. The molecule has 2 aromatic heterocycles. The number of hydrogen-bond donors (Lipinski definition) is 1. The Morgan fingerprint density at radius 3 is 2.48 bits per heavy atom. The van der Waals surface area contributed by atoms with Crippen molar-refractivity contribution in [2.45, 2.75) is 6.42 Å². The average molecular weight is 419 g/mol. The van der Waals surface area contributed by atoms with E-state index in [1.165, 1.54) is 24.7 Å². The van der Waals surface area contributed by atoms with Crippen LogP contribution in [-0.2, 0) is 13.5 Å². The Morgan fingerprint density at radius 1 is 1.00 bits per heavy atom. The van der Waals surface area contributed by atoms with Crippen LogP contribution in [-0.4, -0.2) is 58.3 Å². The first-order valence-corrected chi connectivity index (χ1v) is 10.4. The van der Waals surface area contributed by atoms with Crippen LogP contribution in [0.2, 0.25) is 0 Å². The minimum absolute atomic E-state index is 0.206. The lowest BCUT2D eigenvalue weighted by molar-refractivity contribution is 0.102. The van der Waals surface area contributed by atoms with Crippen molar-refractivity contribution in [1.29, 1.82) is 0 Å². The highest BCUT2D eigenvalue weighted by Crippen LogP contribution is 2.27. The van der Waals surface area contributed by atoms with Crippen molar-refractivity contribution in [3.05, 3.63) is 82.5 Å². The van der Waals surface area contributed by atoms with E-state index in [9.17, 15) is 9.59 Å². The van der Waals surface area contributed by atoms with Crippen LogP contribution in [0, 0.1) is 0 Å². The van der Waals surface area contributed by atoms with E-state index in [4.69, 9.17) is 0 Å². The van der Waals surface area contributed by atoms with E-state index in [0.717, 1.165) is 55.2 Å². The van der Waals surface area contributed by atoms with Crippen LogP contribution in [0.3, 0.4) is 0 Å². The van der Waals surface area contributed by atoms with Crippen LogP contribution in [0.1, 0.15) is 16.1 Å². The summed E-state index contributed by atoms with van der Waals surface area (Å²) in [4.78, 5) is 33.0. The summed E-state index contributed by atoms with van der Waals surface area (Å²) >= 11 is 0. The molecule has 1 fully saturated rings. The van der Waals surface area contributed by atoms with Gasteiger partial charge in [-0.25, -0.2) is 4.68 Å². The topological polar surface area (TPSA) is 83.4 Å². The molecule has 0 atom stereocenters. The van der Waals surface area contributed by atoms with Crippen molar-refractivity contribution in [3.63, 3.8) is 0 Å². The second-order valence-electron chi connectivity index (χ2n) is 7.59. The standard InChI is InChI=1S/C23H26N6O2/c1-27-22(30)7-6-20(26-27)23(31)25-19-4-2-3-5-21(19)29-16-14-28(15-17-29)13-10-18-8-11-24-12-9-18/h2-9,11-12H,10,13-17H2,1H3,(H,25,31). The average Bonchev–Trinajstić information content (AvgIpc) is 2.81. The number of nitrogens with zero attached hydrogens (tertiary/aromatic N) is 5. The molecule has 8 nitrogen and oxygen atoms in total. The van der Waals surface area contributed by atoms with E-state index in [-0.39, 0.29) is 17.2 Å². The van der Waals surface area contributed by atoms with Gasteiger partial charge in [0.1, 0.15) is 5.69 Å². The van der Waals surface area contributed by atoms with Crippen molar-refractivity contribution in [3.8, 4) is 0 Å². The number of para-hydroxylation sites is 2. The number of benzene rings is 1. The molecule has 4 rings (SSSR count). The molecule has 0 radical (unpaired) electrons. The number of aromatic nitrogens is 3. The molecule has 1 aliphatic heterocycles. The predicted molar refractivity (Wildman–Crippen MR) is 120 cm³/mol. The van der Waals surface area contributed by atoms with E-state index < -0.39 is 0 Å². The van der Waals surface area contributed by atoms with Gasteiger partial charge in [-0.05, 0) is 42.3 Å². The maximum Gasteiger partial charge on any atom is 0.276 e. The molecule has 3 heterocycles. The summed E-state index contributed by atoms with van der Waals surface area (Å²) in [5, 5.41) is 6.98. The normalized spacial score (nSPS) is 14.4. The molecule has 0 bridgehead atoms. The Hall–Kier alpha value is -3.52. The van der Waals surface area contributed by atoms with Crippen LogP contribution in [0.25, 0.3) is 0 Å². The largest absolute Gasteiger partial charge is 0.367 e. The monoisotopic (exact) mass is 418 g/mol. The fraction of sp³-hybridized carbons (Fsp3) is 0.304. The summed E-state index contributed by atoms with van der Waals surface area (Å²) in [6.07, 6.45) is 4.69. The van der Waals surface area contributed by atoms with E-state index in [1.54, 1.807) is 0 Å². The van der Waals surface area contributed by atoms with Crippen LogP contribution in [0.15, 0.2) is 65.7 Å². The smallest absolute Gasteiger partial charge is 0.276 e. The maximum absolute atomic E-state index is 12.7. The van der Waals surface area contributed by atoms with Gasteiger partial charge in [0.25, 0.3) is 11.5 Å². The number of carbonyl (C=O) groups excluding carboxylic acids is 1. The number of pyridine rings is 1. The van der Waals surface area contributed by atoms with Crippen LogP contribution in [0.4, 0.5) is 11.4 Å². The summed E-state index contributed by atoms with van der Waals surface area (Å²) in [6, 6.07) is 14.7. The van der Waals surface area contributed by atoms with Crippen molar-refractivity contribution in [2.24, 2.45) is 7.05 Å². The van der Waals surface area contributed by atoms with Gasteiger partial charge in [-0.3, -0.25) is 19.5 Å². The number of carbonyl (C=O) groups is 1. The van der Waals surface area contributed by atoms with Gasteiger partial charge in [0.2, 0.25) is 0 Å². The summed E-state index contributed by atoms with van der Waals surface area (Å²) in [5.41, 5.74) is 3.00. The summed E-state index contributed by atoms with van der Waals surface area (Å²) in [6.45, 7) is 4.74. The molecule has 1 saturated heterocycles. The molecular formula is C23H26N6O2. The van der Waals surface area contributed by atoms with E-state index in [2.05, 4.69) is 37.3 Å². The minimum Gasteiger partial charge on any atom is -0.367 e. The molecule has 1 aliphatic rings. The molecule has 1 aromatic carbocycles. The van der Waals surface area contributed by atoms with Crippen molar-refractivity contribution < 1.29 is 4.79 Å². The molecule has 0 spiro atoms. The first kappa shape index (κ1) is 20.7. The number of anilines is 2. The number of amides is 1. The van der Waals surface area contributed by atoms with Gasteiger partial charge in [0.15, 0.2) is 0 Å². The zero-order valence-corrected chi connectivity index (χ0v) is 17.6. The van der Waals surface area contributed by atoms with Gasteiger partial charge >= 0.3 is 0 Å². The Kier molecular flexibility index (Phi) is 6.37. The number of aryl methyl sites for hydroxylation is 1. The first-order chi connectivity index (χ1) is 15.1. The highest BCUT2D eigenvalue weighted by atomic mass is 16.2. The molecule has 160 valence electrons. The number of rotatable bonds is 6. The number of hydrogen-bond acceptors (Lipinski definition) is 6. The second-order valence-corrected chi connectivity index (χ2v) is 7.59. The zero-order valence-electron chi connectivity index (χ0n) is 17.6. The lowest BCUT2D eigenvalue weighted by atomic mass is 10.1. The quantitative estimate of drug-likeness (QED) is 0.657. The van der Waals surface area contributed by atoms with E-state index in [1.807, 2.05) is 36.7 Å². The van der Waals surface area contributed by atoms with Crippen molar-refractivity contribution in [1.82, 2.24) is 19.7 Å². The second kappa shape index (κ2) is 9.53. The minimum atomic E-state index is -0.334. The van der Waals surface area contributed by atoms with Gasteiger partial charge < -0.3 is 10.2 Å². The molecule has 0 aliphatic carbocycles. The fourth-order valence-electron chi connectivity index (χ4n) is 3.71. The SMILES string of the molecule is Cn1nc(C(=O)Nc2ccccc2N2CCN(CCc3ccncc3)CC2)ccc1=O. The van der Waals surface area contributed by atoms with Crippen molar-refractivity contribution in [2.75, 3.05) is 42.9 Å².